The Bertz CT molecular complexity index is 2510. The van der Waals surface area contributed by atoms with E-state index in [1.807, 2.05) is 36.4 Å². The number of rotatable bonds is 9. The zero-order chi connectivity index (χ0) is 38.5. The second-order valence-electron chi connectivity index (χ2n) is 15.8. The second kappa shape index (κ2) is 14.7. The number of piperidine rings is 2. The third-order valence-electron chi connectivity index (χ3n) is 11.7. The highest BCUT2D eigenvalue weighted by Crippen LogP contribution is 2.38. The highest BCUT2D eigenvalue weighted by molar-refractivity contribution is 6.07. The number of aromatic nitrogens is 6. The molecule has 1 aliphatic carbocycles. The van der Waals surface area contributed by atoms with Gasteiger partial charge >= 0.3 is 5.76 Å². The summed E-state index contributed by atoms with van der Waals surface area (Å²) >= 11 is 0. The fourth-order valence-electron chi connectivity index (χ4n) is 8.84. The number of imide groups is 1. The molecular formula is C41H45N9O6. The lowest BCUT2D eigenvalue weighted by Crippen LogP contribution is -2.43. The van der Waals surface area contributed by atoms with Crippen LogP contribution >= 0.6 is 0 Å². The Hall–Kier alpha value is -5.83. The van der Waals surface area contributed by atoms with Crippen molar-refractivity contribution in [3.05, 3.63) is 88.7 Å². The summed E-state index contributed by atoms with van der Waals surface area (Å²) in [6, 6.07) is 8.77. The Morgan fingerprint density at radius 1 is 1.02 bits per heavy atom. The first kappa shape index (κ1) is 35.8. The van der Waals surface area contributed by atoms with Crippen molar-refractivity contribution in [2.45, 2.75) is 89.2 Å². The molecule has 9 rings (SSSR count). The van der Waals surface area contributed by atoms with Crippen molar-refractivity contribution >= 4 is 45.8 Å². The molecular weight excluding hydrogens is 715 g/mol. The van der Waals surface area contributed by atoms with Crippen LogP contribution in [-0.2, 0) is 9.59 Å². The van der Waals surface area contributed by atoms with E-state index in [1.54, 1.807) is 35.4 Å². The average Bonchev–Trinajstić information content (AvgIpc) is 3.89. The zero-order valence-electron chi connectivity index (χ0n) is 31.5. The molecule has 15 heteroatoms. The van der Waals surface area contributed by atoms with Gasteiger partial charge in [0.1, 0.15) is 23.1 Å². The summed E-state index contributed by atoms with van der Waals surface area (Å²) in [5.41, 5.74) is 5.50. The molecule has 1 saturated carbocycles. The van der Waals surface area contributed by atoms with Crippen LogP contribution in [0.1, 0.15) is 105 Å². The van der Waals surface area contributed by atoms with Crippen molar-refractivity contribution in [2.24, 2.45) is 5.92 Å². The van der Waals surface area contributed by atoms with Gasteiger partial charge in [0.25, 0.3) is 5.91 Å². The van der Waals surface area contributed by atoms with Crippen molar-refractivity contribution < 1.29 is 23.5 Å². The van der Waals surface area contributed by atoms with Crippen LogP contribution in [0.25, 0.3) is 22.4 Å². The van der Waals surface area contributed by atoms with E-state index in [1.165, 1.54) is 4.57 Å². The van der Waals surface area contributed by atoms with Crippen LogP contribution in [0.3, 0.4) is 0 Å². The Labute approximate surface area is 322 Å². The fourth-order valence-corrected chi connectivity index (χ4v) is 8.84. The van der Waals surface area contributed by atoms with E-state index in [9.17, 15) is 19.2 Å². The third kappa shape index (κ3) is 6.95. The van der Waals surface area contributed by atoms with Crippen molar-refractivity contribution in [3.8, 4) is 5.75 Å². The highest BCUT2D eigenvalue weighted by atomic mass is 16.5. The predicted molar refractivity (Wildman–Crippen MR) is 207 cm³/mol. The van der Waals surface area contributed by atoms with Gasteiger partial charge in [0.05, 0.1) is 29.1 Å². The van der Waals surface area contributed by atoms with Gasteiger partial charge in [-0.2, -0.15) is 5.10 Å². The molecule has 2 saturated heterocycles. The number of anilines is 1. The molecule has 290 valence electrons. The number of likely N-dealkylation sites (tertiary alicyclic amines) is 1. The SMILES string of the molecule is CC(C)Oc1cc2nc(C3CCC(CN4CCC(c5ccc6c(c5)oc(=O)n6C5CCC(=O)NC5=O)CC4)CC3)cn2cc1C(=O)Nc1cnn2cccnc12. The Kier molecular flexibility index (Phi) is 9.39. The molecule has 2 N–H and O–H groups in total. The number of benzene rings is 1. The van der Waals surface area contributed by atoms with Crippen molar-refractivity contribution in [2.75, 3.05) is 25.0 Å². The molecule has 2 aliphatic heterocycles. The number of pyridine rings is 1. The van der Waals surface area contributed by atoms with Gasteiger partial charge in [0.15, 0.2) is 11.2 Å². The van der Waals surface area contributed by atoms with E-state index >= 15 is 0 Å². The molecule has 7 heterocycles. The average molecular weight is 760 g/mol. The number of hydrogen-bond acceptors (Lipinski definition) is 10. The molecule has 3 amide bonds. The van der Waals surface area contributed by atoms with Crippen LogP contribution < -0.4 is 21.1 Å². The minimum atomic E-state index is -0.745. The van der Waals surface area contributed by atoms with Gasteiger partial charge in [-0.1, -0.05) is 6.07 Å². The highest BCUT2D eigenvalue weighted by Gasteiger charge is 2.32. The van der Waals surface area contributed by atoms with Gasteiger partial charge in [-0.25, -0.2) is 19.3 Å². The molecule has 0 spiro atoms. The first-order valence-corrected chi connectivity index (χ1v) is 19.7. The smallest absolute Gasteiger partial charge is 0.420 e. The number of nitrogens with one attached hydrogen (secondary N) is 2. The molecule has 5 aromatic heterocycles. The summed E-state index contributed by atoms with van der Waals surface area (Å²) < 4.78 is 16.6. The van der Waals surface area contributed by atoms with E-state index in [4.69, 9.17) is 14.1 Å². The number of carbonyl (C=O) groups is 3. The summed E-state index contributed by atoms with van der Waals surface area (Å²) in [6.07, 6.45) is 15.7. The molecule has 1 aromatic carbocycles. The largest absolute Gasteiger partial charge is 0.490 e. The van der Waals surface area contributed by atoms with Crippen molar-refractivity contribution in [1.82, 2.24) is 38.8 Å². The zero-order valence-corrected chi connectivity index (χ0v) is 31.5. The molecule has 56 heavy (non-hydrogen) atoms. The number of amides is 3. The van der Waals surface area contributed by atoms with Gasteiger partial charge in [0, 0.05) is 49.7 Å². The molecule has 1 unspecified atom stereocenters. The van der Waals surface area contributed by atoms with E-state index in [2.05, 4.69) is 37.9 Å². The lowest BCUT2D eigenvalue weighted by Gasteiger charge is -2.36. The Balaban J connectivity index is 0.808. The monoisotopic (exact) mass is 759 g/mol. The van der Waals surface area contributed by atoms with Crippen LogP contribution in [-0.4, -0.2) is 76.9 Å². The Morgan fingerprint density at radius 3 is 2.62 bits per heavy atom. The minimum Gasteiger partial charge on any atom is -0.490 e. The summed E-state index contributed by atoms with van der Waals surface area (Å²) in [5, 5.41) is 9.58. The number of hydrogen-bond donors (Lipinski definition) is 2. The maximum Gasteiger partial charge on any atom is 0.420 e. The normalized spacial score (nSPS) is 21.3. The summed E-state index contributed by atoms with van der Waals surface area (Å²) in [4.78, 5) is 62.4. The first-order valence-electron chi connectivity index (χ1n) is 19.7. The van der Waals surface area contributed by atoms with Crippen LogP contribution in [0.2, 0.25) is 0 Å². The molecule has 6 aromatic rings. The summed E-state index contributed by atoms with van der Waals surface area (Å²) in [5.74, 6) is 0.175. The topological polar surface area (TPSA) is 170 Å². The van der Waals surface area contributed by atoms with Crippen LogP contribution in [0, 0.1) is 5.92 Å². The standard InChI is InChI=1S/C41H45N9O6/c1-24(2)55-34-19-36-44-31(23-48(36)22-29(34)39(52)45-30-20-43-49-15-3-14-42-38(30)49)27-6-4-25(5-7-27)21-47-16-12-26(13-17-47)28-8-9-32-35(18-28)56-41(54)50(32)33-10-11-37(51)46-40(33)53/h3,8-9,14-15,18-20,22-27,33H,4-7,10-13,16-17,21H2,1-2H3,(H,45,52)(H,46,51,53). The quantitative estimate of drug-likeness (QED) is 0.181. The van der Waals surface area contributed by atoms with Crippen molar-refractivity contribution in [3.63, 3.8) is 0 Å². The molecule has 0 bridgehead atoms. The lowest BCUT2D eigenvalue weighted by atomic mass is 9.80. The molecule has 3 aliphatic rings. The van der Waals surface area contributed by atoms with Crippen molar-refractivity contribution in [1.29, 1.82) is 0 Å². The van der Waals surface area contributed by atoms with E-state index in [0.29, 0.717) is 51.5 Å². The summed E-state index contributed by atoms with van der Waals surface area (Å²) in [6.45, 7) is 6.99. The van der Waals surface area contributed by atoms with E-state index in [-0.39, 0.29) is 30.8 Å². The minimum absolute atomic E-state index is 0.126. The van der Waals surface area contributed by atoms with Crippen LogP contribution in [0.4, 0.5) is 5.69 Å². The third-order valence-corrected chi connectivity index (χ3v) is 11.7. The van der Waals surface area contributed by atoms with Gasteiger partial charge in [-0.05, 0) is 107 Å². The van der Waals surface area contributed by atoms with E-state index in [0.717, 1.165) is 75.1 Å². The Morgan fingerprint density at radius 2 is 1.84 bits per heavy atom. The second-order valence-corrected chi connectivity index (χ2v) is 15.8. The molecule has 3 fully saturated rings. The van der Waals surface area contributed by atoms with Crippen LogP contribution in [0.5, 0.6) is 5.75 Å². The number of imidazole rings is 1. The van der Waals surface area contributed by atoms with Gasteiger partial charge in [-0.3, -0.25) is 24.3 Å². The maximum atomic E-state index is 13.6. The summed E-state index contributed by atoms with van der Waals surface area (Å²) in [7, 11) is 0. The molecule has 1 atom stereocenters. The van der Waals surface area contributed by atoms with Gasteiger partial charge in [0.2, 0.25) is 11.8 Å². The maximum absolute atomic E-state index is 13.6. The number of fused-ring (bicyclic) bond motifs is 3. The van der Waals surface area contributed by atoms with Crippen LogP contribution in [0.15, 0.2) is 70.5 Å². The first-order chi connectivity index (χ1) is 27.2. The number of oxazole rings is 1. The number of carbonyl (C=O) groups excluding carboxylic acids is 3. The number of nitrogens with zero attached hydrogens (tertiary/aromatic N) is 7. The van der Waals surface area contributed by atoms with Gasteiger partial charge < -0.3 is 23.8 Å². The fraction of sp³-hybridized carbons (Fsp3) is 0.439. The van der Waals surface area contributed by atoms with Gasteiger partial charge in [-0.15, -0.1) is 0 Å². The predicted octanol–water partition coefficient (Wildman–Crippen LogP) is 5.46. The van der Waals surface area contributed by atoms with E-state index < -0.39 is 17.7 Å². The molecule has 0 radical (unpaired) electrons. The lowest BCUT2D eigenvalue weighted by molar-refractivity contribution is -0.135. The number of ether oxygens (including phenoxy) is 1. The molecule has 15 nitrogen and oxygen atoms in total.